The standard InChI is InChI=1S/C16H20FN5O/c1-11(18)15-4-2-3-9-21(15)16(23)14-10-19-22(20-14)13-7-5-12(17)6-8-13/h5-8,10-11,15H,2-4,9,18H2,1H3. The highest BCUT2D eigenvalue weighted by Crippen LogP contribution is 2.21. The monoisotopic (exact) mass is 317 g/mol. The summed E-state index contributed by atoms with van der Waals surface area (Å²) in [6, 6.07) is 5.75. The van der Waals surface area contributed by atoms with Crippen LogP contribution in [0.1, 0.15) is 36.7 Å². The molecule has 2 unspecified atom stereocenters. The number of aromatic nitrogens is 3. The maximum Gasteiger partial charge on any atom is 0.276 e. The molecule has 1 aromatic carbocycles. The van der Waals surface area contributed by atoms with Crippen LogP contribution in [0, 0.1) is 5.82 Å². The third-order valence-corrected chi connectivity index (χ3v) is 4.19. The van der Waals surface area contributed by atoms with E-state index in [-0.39, 0.29) is 29.5 Å². The zero-order valence-corrected chi connectivity index (χ0v) is 13.0. The van der Waals surface area contributed by atoms with Gasteiger partial charge in [0.25, 0.3) is 5.91 Å². The number of rotatable bonds is 3. The summed E-state index contributed by atoms with van der Waals surface area (Å²) in [4.78, 5) is 15.8. The summed E-state index contributed by atoms with van der Waals surface area (Å²) < 4.78 is 13.0. The van der Waals surface area contributed by atoms with Gasteiger partial charge in [-0.05, 0) is 50.5 Å². The molecule has 1 saturated heterocycles. The molecule has 2 aromatic rings. The Labute approximate surface area is 134 Å². The molecular formula is C16H20FN5O. The lowest BCUT2D eigenvalue weighted by atomic mass is 9.96. The molecular weight excluding hydrogens is 297 g/mol. The number of nitrogens with two attached hydrogens (primary N) is 1. The molecule has 1 aliphatic heterocycles. The van der Waals surface area contributed by atoms with E-state index in [1.165, 1.54) is 23.1 Å². The van der Waals surface area contributed by atoms with Crippen molar-refractivity contribution in [3.63, 3.8) is 0 Å². The molecule has 0 aliphatic carbocycles. The molecule has 1 aromatic heterocycles. The molecule has 0 saturated carbocycles. The average Bonchev–Trinajstić information content (AvgIpc) is 3.04. The largest absolute Gasteiger partial charge is 0.333 e. The number of amides is 1. The van der Waals surface area contributed by atoms with E-state index in [9.17, 15) is 9.18 Å². The molecule has 1 fully saturated rings. The SMILES string of the molecule is CC(N)C1CCCCN1C(=O)c1cnn(-c2ccc(F)cc2)n1. The van der Waals surface area contributed by atoms with Crippen LogP contribution < -0.4 is 5.73 Å². The second-order valence-corrected chi connectivity index (χ2v) is 5.92. The fourth-order valence-corrected chi connectivity index (χ4v) is 2.96. The molecule has 2 atom stereocenters. The highest BCUT2D eigenvalue weighted by molar-refractivity contribution is 5.92. The number of halogens is 1. The van der Waals surface area contributed by atoms with Crippen molar-refractivity contribution in [2.24, 2.45) is 5.73 Å². The summed E-state index contributed by atoms with van der Waals surface area (Å²) in [5, 5.41) is 8.34. The van der Waals surface area contributed by atoms with E-state index < -0.39 is 0 Å². The van der Waals surface area contributed by atoms with Crippen LogP contribution in [0.5, 0.6) is 0 Å². The average molecular weight is 317 g/mol. The quantitative estimate of drug-likeness (QED) is 0.935. The molecule has 1 amide bonds. The topological polar surface area (TPSA) is 77.0 Å². The van der Waals surface area contributed by atoms with Crippen LogP contribution in [0.4, 0.5) is 4.39 Å². The van der Waals surface area contributed by atoms with Gasteiger partial charge in [0.15, 0.2) is 5.69 Å². The predicted octanol–water partition coefficient (Wildman–Crippen LogP) is 1.75. The second-order valence-electron chi connectivity index (χ2n) is 5.92. The number of hydrogen-bond donors (Lipinski definition) is 1. The fraction of sp³-hybridized carbons (Fsp3) is 0.438. The van der Waals surface area contributed by atoms with E-state index in [4.69, 9.17) is 5.73 Å². The van der Waals surface area contributed by atoms with E-state index in [1.54, 1.807) is 17.0 Å². The zero-order chi connectivity index (χ0) is 16.4. The van der Waals surface area contributed by atoms with Gasteiger partial charge >= 0.3 is 0 Å². The lowest BCUT2D eigenvalue weighted by Gasteiger charge is -2.37. The summed E-state index contributed by atoms with van der Waals surface area (Å²) in [7, 11) is 0. The van der Waals surface area contributed by atoms with Gasteiger partial charge in [0.2, 0.25) is 0 Å². The van der Waals surface area contributed by atoms with Crippen LogP contribution in [0.15, 0.2) is 30.5 Å². The molecule has 7 heteroatoms. The van der Waals surface area contributed by atoms with Crippen LogP contribution >= 0.6 is 0 Å². The van der Waals surface area contributed by atoms with E-state index in [2.05, 4.69) is 10.2 Å². The van der Waals surface area contributed by atoms with Crippen LogP contribution in [-0.4, -0.2) is 44.4 Å². The van der Waals surface area contributed by atoms with Gasteiger partial charge < -0.3 is 10.6 Å². The number of benzene rings is 1. The number of hydrogen-bond acceptors (Lipinski definition) is 4. The summed E-state index contributed by atoms with van der Waals surface area (Å²) in [5.41, 5.74) is 6.90. The third-order valence-electron chi connectivity index (χ3n) is 4.19. The zero-order valence-electron chi connectivity index (χ0n) is 13.0. The van der Waals surface area contributed by atoms with Crippen LogP contribution in [0.2, 0.25) is 0 Å². The Morgan fingerprint density at radius 3 is 2.78 bits per heavy atom. The van der Waals surface area contributed by atoms with Crippen molar-refractivity contribution in [1.29, 1.82) is 0 Å². The van der Waals surface area contributed by atoms with Gasteiger partial charge in [-0.15, -0.1) is 5.10 Å². The molecule has 23 heavy (non-hydrogen) atoms. The lowest BCUT2D eigenvalue weighted by molar-refractivity contribution is 0.0577. The number of piperidine rings is 1. The Morgan fingerprint density at radius 2 is 2.09 bits per heavy atom. The van der Waals surface area contributed by atoms with Crippen molar-refractivity contribution in [1.82, 2.24) is 19.9 Å². The minimum absolute atomic E-state index is 0.0345. The molecule has 2 N–H and O–H groups in total. The first-order valence-electron chi connectivity index (χ1n) is 7.81. The minimum Gasteiger partial charge on any atom is -0.333 e. The summed E-state index contributed by atoms with van der Waals surface area (Å²) >= 11 is 0. The second kappa shape index (κ2) is 6.45. The van der Waals surface area contributed by atoms with Gasteiger partial charge in [-0.25, -0.2) is 4.39 Å². The lowest BCUT2D eigenvalue weighted by Crippen LogP contribution is -2.51. The number of likely N-dealkylation sites (tertiary alicyclic amines) is 1. The van der Waals surface area contributed by atoms with Crippen molar-refractivity contribution >= 4 is 5.91 Å². The molecule has 3 rings (SSSR count). The molecule has 0 spiro atoms. The summed E-state index contributed by atoms with van der Waals surface area (Å²) in [6.07, 6.45) is 4.41. The molecule has 122 valence electrons. The predicted molar refractivity (Wildman–Crippen MR) is 83.6 cm³/mol. The highest BCUT2D eigenvalue weighted by Gasteiger charge is 2.31. The Hall–Kier alpha value is -2.28. The number of carbonyl (C=O) groups is 1. The van der Waals surface area contributed by atoms with Crippen LogP contribution in [-0.2, 0) is 0 Å². The van der Waals surface area contributed by atoms with Gasteiger partial charge in [0, 0.05) is 18.6 Å². The maximum absolute atomic E-state index is 13.0. The number of carbonyl (C=O) groups excluding carboxylic acids is 1. The van der Waals surface area contributed by atoms with E-state index in [0.717, 1.165) is 19.3 Å². The first-order valence-corrected chi connectivity index (χ1v) is 7.81. The van der Waals surface area contributed by atoms with Crippen LogP contribution in [0.3, 0.4) is 0 Å². The van der Waals surface area contributed by atoms with Crippen molar-refractivity contribution in [3.05, 3.63) is 42.0 Å². The molecule has 0 radical (unpaired) electrons. The minimum atomic E-state index is -0.328. The first kappa shape index (κ1) is 15.6. The molecule has 0 bridgehead atoms. The van der Waals surface area contributed by atoms with Gasteiger partial charge in [-0.2, -0.15) is 9.90 Å². The molecule has 2 heterocycles. The Bertz CT molecular complexity index is 682. The number of nitrogens with zero attached hydrogens (tertiary/aromatic N) is 4. The Morgan fingerprint density at radius 1 is 1.35 bits per heavy atom. The maximum atomic E-state index is 13.0. The summed E-state index contributed by atoms with van der Waals surface area (Å²) in [6.45, 7) is 2.61. The van der Waals surface area contributed by atoms with Crippen molar-refractivity contribution in [2.45, 2.75) is 38.3 Å². The first-order chi connectivity index (χ1) is 11.1. The van der Waals surface area contributed by atoms with Crippen molar-refractivity contribution in [3.8, 4) is 5.69 Å². The van der Waals surface area contributed by atoms with Crippen molar-refractivity contribution in [2.75, 3.05) is 6.54 Å². The van der Waals surface area contributed by atoms with Gasteiger partial charge in [-0.3, -0.25) is 4.79 Å². The Balaban J connectivity index is 1.81. The third kappa shape index (κ3) is 3.24. The van der Waals surface area contributed by atoms with Gasteiger partial charge in [0.1, 0.15) is 5.82 Å². The highest BCUT2D eigenvalue weighted by atomic mass is 19.1. The molecule has 1 aliphatic rings. The van der Waals surface area contributed by atoms with Gasteiger partial charge in [0.05, 0.1) is 11.9 Å². The fourth-order valence-electron chi connectivity index (χ4n) is 2.96. The summed E-state index contributed by atoms with van der Waals surface area (Å²) in [5.74, 6) is -0.481. The smallest absolute Gasteiger partial charge is 0.276 e. The van der Waals surface area contributed by atoms with E-state index >= 15 is 0 Å². The normalized spacial score (nSPS) is 19.6. The Kier molecular flexibility index (Phi) is 4.38. The van der Waals surface area contributed by atoms with E-state index in [1.807, 2.05) is 6.92 Å². The van der Waals surface area contributed by atoms with E-state index in [0.29, 0.717) is 12.2 Å². The van der Waals surface area contributed by atoms with Crippen molar-refractivity contribution < 1.29 is 9.18 Å². The molecule has 6 nitrogen and oxygen atoms in total. The van der Waals surface area contributed by atoms with Crippen LogP contribution in [0.25, 0.3) is 5.69 Å². The van der Waals surface area contributed by atoms with Gasteiger partial charge in [-0.1, -0.05) is 0 Å².